The van der Waals surface area contributed by atoms with Crippen molar-refractivity contribution in [1.29, 1.82) is 0 Å². The maximum Gasteiger partial charge on any atom is 0.224 e. The lowest BCUT2D eigenvalue weighted by molar-refractivity contribution is -0.125. The van der Waals surface area contributed by atoms with Crippen molar-refractivity contribution >= 4 is 5.91 Å². The number of hydrogen-bond acceptors (Lipinski definition) is 2. The largest absolute Gasteiger partial charge is 0.508 e. The molecule has 1 aliphatic carbocycles. The molecule has 1 aromatic carbocycles. The topological polar surface area (TPSA) is 49.3 Å². The molecule has 2 N–H and O–H groups in total. The molecule has 1 aliphatic heterocycles. The van der Waals surface area contributed by atoms with Crippen molar-refractivity contribution in [3.05, 3.63) is 29.8 Å². The van der Waals surface area contributed by atoms with Gasteiger partial charge in [0.2, 0.25) is 5.91 Å². The third-order valence-corrected chi connectivity index (χ3v) is 3.88. The molecule has 2 atom stereocenters. The summed E-state index contributed by atoms with van der Waals surface area (Å²) in [5.74, 6) is 0.536. The van der Waals surface area contributed by atoms with Crippen LogP contribution in [0.3, 0.4) is 0 Å². The maximum absolute atomic E-state index is 11.5. The number of nitrogens with one attached hydrogen (secondary N) is 1. The Hall–Kier alpha value is -1.51. The lowest BCUT2D eigenvalue weighted by Crippen LogP contribution is -2.44. The van der Waals surface area contributed by atoms with Crippen LogP contribution >= 0.6 is 0 Å². The molecule has 0 aromatic heterocycles. The first-order valence-electron chi connectivity index (χ1n) is 5.30. The highest BCUT2D eigenvalue weighted by atomic mass is 16.3. The van der Waals surface area contributed by atoms with E-state index in [2.05, 4.69) is 5.32 Å². The predicted molar refractivity (Wildman–Crippen MR) is 55.5 cm³/mol. The van der Waals surface area contributed by atoms with Gasteiger partial charge in [-0.05, 0) is 18.9 Å². The van der Waals surface area contributed by atoms with Gasteiger partial charge in [0.25, 0.3) is 0 Å². The summed E-state index contributed by atoms with van der Waals surface area (Å²) < 4.78 is 0. The molecule has 0 radical (unpaired) electrons. The molecule has 78 valence electrons. The summed E-state index contributed by atoms with van der Waals surface area (Å²) in [6, 6.07) is 7.36. The standard InChI is InChI=1S/C12H13NO2/c14-10-4-2-1-3-8(10)12-6-5-9(12)11(15)13-7-12/h1-4,9,14H,5-7H2,(H,13,15). The molecule has 15 heavy (non-hydrogen) atoms. The summed E-state index contributed by atoms with van der Waals surface area (Å²) in [4.78, 5) is 11.5. The molecule has 2 aliphatic rings. The van der Waals surface area contributed by atoms with E-state index in [1.165, 1.54) is 0 Å². The number of phenols is 1. The summed E-state index contributed by atoms with van der Waals surface area (Å²) in [5, 5.41) is 12.7. The molecular weight excluding hydrogens is 190 g/mol. The van der Waals surface area contributed by atoms with Crippen molar-refractivity contribution in [3.63, 3.8) is 0 Å². The molecule has 3 rings (SSSR count). The minimum atomic E-state index is -0.123. The number of hydrogen-bond donors (Lipinski definition) is 2. The molecule has 3 heteroatoms. The van der Waals surface area contributed by atoms with Gasteiger partial charge in [0.15, 0.2) is 0 Å². The molecule has 1 saturated heterocycles. The van der Waals surface area contributed by atoms with Crippen molar-refractivity contribution in [1.82, 2.24) is 5.32 Å². The third kappa shape index (κ3) is 0.978. The molecule has 0 spiro atoms. The van der Waals surface area contributed by atoms with Gasteiger partial charge in [-0.1, -0.05) is 18.2 Å². The fourth-order valence-corrected chi connectivity index (χ4v) is 2.91. The highest BCUT2D eigenvalue weighted by molar-refractivity contribution is 5.85. The van der Waals surface area contributed by atoms with Gasteiger partial charge in [0, 0.05) is 23.4 Å². The molecule has 1 saturated carbocycles. The number of carbonyl (C=O) groups is 1. The smallest absolute Gasteiger partial charge is 0.224 e. The van der Waals surface area contributed by atoms with Gasteiger partial charge < -0.3 is 10.4 Å². The van der Waals surface area contributed by atoms with E-state index in [1.54, 1.807) is 6.07 Å². The van der Waals surface area contributed by atoms with E-state index in [-0.39, 0.29) is 17.2 Å². The van der Waals surface area contributed by atoms with Crippen LogP contribution in [0.5, 0.6) is 5.75 Å². The Kier molecular flexibility index (Phi) is 1.61. The van der Waals surface area contributed by atoms with E-state index < -0.39 is 0 Å². The number of amides is 1. The second-order valence-electron chi connectivity index (χ2n) is 4.48. The van der Waals surface area contributed by atoms with E-state index >= 15 is 0 Å². The van der Waals surface area contributed by atoms with Crippen LogP contribution in [-0.4, -0.2) is 17.6 Å². The number of rotatable bonds is 1. The summed E-state index contributed by atoms with van der Waals surface area (Å²) in [6.07, 6.45) is 1.94. The summed E-state index contributed by atoms with van der Waals surface area (Å²) in [7, 11) is 0. The highest BCUT2D eigenvalue weighted by Gasteiger charge is 2.56. The number of fused-ring (bicyclic) bond motifs is 1. The van der Waals surface area contributed by atoms with Crippen molar-refractivity contribution in [3.8, 4) is 5.75 Å². The van der Waals surface area contributed by atoms with E-state index in [1.807, 2.05) is 18.2 Å². The molecule has 1 aromatic rings. The highest BCUT2D eigenvalue weighted by Crippen LogP contribution is 2.53. The van der Waals surface area contributed by atoms with Gasteiger partial charge in [-0.25, -0.2) is 0 Å². The fraction of sp³-hybridized carbons (Fsp3) is 0.417. The van der Waals surface area contributed by atoms with Crippen LogP contribution in [0.1, 0.15) is 18.4 Å². The number of phenolic OH excluding ortho intramolecular Hbond substituents is 1. The fourth-order valence-electron chi connectivity index (χ4n) is 2.91. The van der Waals surface area contributed by atoms with Gasteiger partial charge in [-0.3, -0.25) is 4.79 Å². The molecule has 2 unspecified atom stereocenters. The SMILES string of the molecule is O=C1NCC2(c3ccccc3O)CCC12. The van der Waals surface area contributed by atoms with E-state index in [0.717, 1.165) is 18.4 Å². The van der Waals surface area contributed by atoms with Crippen LogP contribution in [0, 0.1) is 5.92 Å². The van der Waals surface area contributed by atoms with Crippen molar-refractivity contribution < 1.29 is 9.90 Å². The predicted octanol–water partition coefficient (Wildman–Crippen LogP) is 1.17. The lowest BCUT2D eigenvalue weighted by atomic mass is 9.58. The van der Waals surface area contributed by atoms with Crippen molar-refractivity contribution in [2.24, 2.45) is 5.92 Å². The average molecular weight is 203 g/mol. The van der Waals surface area contributed by atoms with Crippen molar-refractivity contribution in [2.75, 3.05) is 6.54 Å². The Morgan fingerprint density at radius 3 is 2.80 bits per heavy atom. The Morgan fingerprint density at radius 2 is 2.20 bits per heavy atom. The van der Waals surface area contributed by atoms with Crippen LogP contribution in [0.15, 0.2) is 24.3 Å². The first-order valence-corrected chi connectivity index (χ1v) is 5.30. The molecule has 1 amide bonds. The molecule has 2 fully saturated rings. The van der Waals surface area contributed by atoms with Crippen LogP contribution < -0.4 is 5.32 Å². The molecular formula is C12H13NO2. The zero-order chi connectivity index (χ0) is 10.5. The normalized spacial score (nSPS) is 33.1. The minimum absolute atomic E-state index is 0.0748. The molecule has 3 nitrogen and oxygen atoms in total. The van der Waals surface area contributed by atoms with Gasteiger partial charge in [-0.15, -0.1) is 0 Å². The van der Waals surface area contributed by atoms with Gasteiger partial charge in [-0.2, -0.15) is 0 Å². The quantitative estimate of drug-likeness (QED) is 0.719. The maximum atomic E-state index is 11.5. The van der Waals surface area contributed by atoms with Crippen LogP contribution in [0.25, 0.3) is 0 Å². The third-order valence-electron chi connectivity index (χ3n) is 3.88. The Balaban J connectivity index is 2.08. The lowest BCUT2D eigenvalue weighted by Gasteiger charge is -2.43. The van der Waals surface area contributed by atoms with E-state index in [9.17, 15) is 9.90 Å². The summed E-state index contributed by atoms with van der Waals surface area (Å²) >= 11 is 0. The number of para-hydroxylation sites is 1. The van der Waals surface area contributed by atoms with E-state index in [4.69, 9.17) is 0 Å². The molecule has 0 bridgehead atoms. The average Bonchev–Trinajstić information content (AvgIpc) is 2.40. The first kappa shape index (κ1) is 8.77. The number of aromatic hydroxyl groups is 1. The van der Waals surface area contributed by atoms with Gasteiger partial charge in [0.1, 0.15) is 5.75 Å². The van der Waals surface area contributed by atoms with E-state index in [0.29, 0.717) is 12.3 Å². The molecule has 1 heterocycles. The first-order chi connectivity index (χ1) is 7.24. The van der Waals surface area contributed by atoms with Crippen LogP contribution in [0.2, 0.25) is 0 Å². The zero-order valence-corrected chi connectivity index (χ0v) is 8.36. The Bertz CT molecular complexity index is 429. The second kappa shape index (κ2) is 2.75. The zero-order valence-electron chi connectivity index (χ0n) is 8.36. The van der Waals surface area contributed by atoms with Crippen LogP contribution in [0.4, 0.5) is 0 Å². The Labute approximate surface area is 88.1 Å². The van der Waals surface area contributed by atoms with Crippen molar-refractivity contribution in [2.45, 2.75) is 18.3 Å². The minimum Gasteiger partial charge on any atom is -0.508 e. The second-order valence-corrected chi connectivity index (χ2v) is 4.48. The monoisotopic (exact) mass is 203 g/mol. The Morgan fingerprint density at radius 1 is 1.40 bits per heavy atom. The van der Waals surface area contributed by atoms with Gasteiger partial charge >= 0.3 is 0 Å². The number of benzene rings is 1. The van der Waals surface area contributed by atoms with Crippen LogP contribution in [-0.2, 0) is 10.2 Å². The summed E-state index contributed by atoms with van der Waals surface area (Å²) in [5.41, 5.74) is 0.808. The van der Waals surface area contributed by atoms with Gasteiger partial charge in [0.05, 0.1) is 0 Å². The summed E-state index contributed by atoms with van der Waals surface area (Å²) in [6.45, 7) is 0.675. The number of carbonyl (C=O) groups excluding carboxylic acids is 1.